The van der Waals surface area contributed by atoms with E-state index in [1.807, 2.05) is 37.4 Å². The van der Waals surface area contributed by atoms with Crippen molar-refractivity contribution in [1.29, 1.82) is 0 Å². The Hall–Kier alpha value is -1.10. The molecule has 0 aliphatic carbocycles. The molecule has 0 aliphatic rings. The van der Waals surface area contributed by atoms with Crippen LogP contribution in [0.25, 0.3) is 11.3 Å². The topological polar surface area (TPSA) is 34.2 Å². The maximum Gasteiger partial charge on any atom is 0.218 e. The largest absolute Gasteiger partial charge is 0.481 e. The lowest BCUT2D eigenvalue weighted by Crippen LogP contribution is -2.07. The molecule has 19 heavy (non-hydrogen) atoms. The average molecular weight is 342 g/mol. The van der Waals surface area contributed by atoms with Crippen LogP contribution in [0.15, 0.2) is 34.8 Å². The van der Waals surface area contributed by atoms with E-state index in [1.165, 1.54) is 0 Å². The number of nitrogens with zero attached hydrogens (tertiary/aromatic N) is 1. The molecular formula is C14H14BrClN2O. The SMILES string of the molecule is CNCc1ccc(-c2cccc(Br)c2Cl)nc1OC. The molecule has 1 aromatic carbocycles. The van der Waals surface area contributed by atoms with E-state index in [2.05, 4.69) is 26.2 Å². The first-order valence-corrected chi connectivity index (χ1v) is 6.97. The van der Waals surface area contributed by atoms with Crippen molar-refractivity contribution < 1.29 is 4.74 Å². The number of hydrogen-bond acceptors (Lipinski definition) is 3. The lowest BCUT2D eigenvalue weighted by Gasteiger charge is -2.10. The molecule has 100 valence electrons. The van der Waals surface area contributed by atoms with Crippen molar-refractivity contribution >= 4 is 27.5 Å². The van der Waals surface area contributed by atoms with Crippen LogP contribution < -0.4 is 10.1 Å². The summed E-state index contributed by atoms with van der Waals surface area (Å²) in [4.78, 5) is 4.51. The molecule has 3 nitrogen and oxygen atoms in total. The zero-order valence-electron chi connectivity index (χ0n) is 10.7. The molecule has 0 saturated heterocycles. The van der Waals surface area contributed by atoms with Crippen molar-refractivity contribution in [2.75, 3.05) is 14.2 Å². The van der Waals surface area contributed by atoms with Gasteiger partial charge in [0.05, 0.1) is 17.8 Å². The normalized spacial score (nSPS) is 10.5. The van der Waals surface area contributed by atoms with E-state index >= 15 is 0 Å². The van der Waals surface area contributed by atoms with Crippen molar-refractivity contribution in [1.82, 2.24) is 10.3 Å². The number of benzene rings is 1. The Morgan fingerprint density at radius 2 is 2.11 bits per heavy atom. The lowest BCUT2D eigenvalue weighted by molar-refractivity contribution is 0.392. The van der Waals surface area contributed by atoms with Gasteiger partial charge < -0.3 is 10.1 Å². The summed E-state index contributed by atoms with van der Waals surface area (Å²) in [5.41, 5.74) is 2.69. The van der Waals surface area contributed by atoms with Crippen molar-refractivity contribution in [3.63, 3.8) is 0 Å². The molecule has 2 rings (SSSR count). The Labute approximate surface area is 126 Å². The molecule has 0 amide bonds. The summed E-state index contributed by atoms with van der Waals surface area (Å²) < 4.78 is 6.18. The van der Waals surface area contributed by atoms with Crippen molar-refractivity contribution in [2.24, 2.45) is 0 Å². The third kappa shape index (κ3) is 3.08. The van der Waals surface area contributed by atoms with E-state index in [1.54, 1.807) is 7.11 Å². The summed E-state index contributed by atoms with van der Waals surface area (Å²) in [5.74, 6) is 0.614. The summed E-state index contributed by atoms with van der Waals surface area (Å²) in [6.45, 7) is 0.711. The molecule has 1 heterocycles. The Morgan fingerprint density at radius 1 is 1.32 bits per heavy atom. The van der Waals surface area contributed by atoms with Crippen LogP contribution in [0.5, 0.6) is 5.88 Å². The van der Waals surface area contributed by atoms with Crippen molar-refractivity contribution in [3.05, 3.63) is 45.4 Å². The zero-order valence-corrected chi connectivity index (χ0v) is 13.0. The van der Waals surface area contributed by atoms with Crippen LogP contribution in [0, 0.1) is 0 Å². The molecule has 1 aromatic heterocycles. The maximum atomic E-state index is 6.28. The van der Waals surface area contributed by atoms with Gasteiger partial charge in [-0.1, -0.05) is 29.8 Å². The molecule has 0 aliphatic heterocycles. The minimum atomic E-state index is 0.614. The second-order valence-electron chi connectivity index (χ2n) is 4.00. The zero-order chi connectivity index (χ0) is 13.8. The van der Waals surface area contributed by atoms with Gasteiger partial charge in [0.15, 0.2) is 0 Å². The van der Waals surface area contributed by atoms with Gasteiger partial charge in [0.25, 0.3) is 0 Å². The van der Waals surface area contributed by atoms with E-state index in [9.17, 15) is 0 Å². The predicted octanol–water partition coefficient (Wildman–Crippen LogP) is 3.89. The van der Waals surface area contributed by atoms with Crippen LogP contribution in [0.1, 0.15) is 5.56 Å². The number of halogens is 2. The third-order valence-corrected chi connectivity index (χ3v) is 4.02. The van der Waals surface area contributed by atoms with Gasteiger partial charge in [-0.25, -0.2) is 4.98 Å². The quantitative estimate of drug-likeness (QED) is 0.916. The van der Waals surface area contributed by atoms with Gasteiger partial charge in [-0.05, 0) is 35.1 Å². The van der Waals surface area contributed by atoms with Crippen LogP contribution in [0.2, 0.25) is 5.02 Å². The monoisotopic (exact) mass is 340 g/mol. The molecule has 0 unspecified atom stereocenters. The fraction of sp³-hybridized carbons (Fsp3) is 0.214. The van der Waals surface area contributed by atoms with Crippen molar-refractivity contribution in [3.8, 4) is 17.1 Å². The molecular weight excluding hydrogens is 328 g/mol. The summed E-state index contributed by atoms with van der Waals surface area (Å²) in [5, 5.41) is 3.74. The molecule has 0 spiro atoms. The molecule has 0 saturated carbocycles. The van der Waals surface area contributed by atoms with Gasteiger partial charge >= 0.3 is 0 Å². The van der Waals surface area contributed by atoms with Crippen LogP contribution in [0.4, 0.5) is 0 Å². The number of hydrogen-bond donors (Lipinski definition) is 1. The predicted molar refractivity (Wildman–Crippen MR) is 81.7 cm³/mol. The van der Waals surface area contributed by atoms with E-state index < -0.39 is 0 Å². The number of nitrogens with one attached hydrogen (secondary N) is 1. The second kappa shape index (κ2) is 6.37. The lowest BCUT2D eigenvalue weighted by atomic mass is 10.1. The molecule has 2 aromatic rings. The number of methoxy groups -OCH3 is 1. The molecule has 0 atom stereocenters. The van der Waals surface area contributed by atoms with Crippen LogP contribution >= 0.6 is 27.5 Å². The van der Waals surface area contributed by atoms with Gasteiger partial charge in [0.1, 0.15) is 0 Å². The summed E-state index contributed by atoms with van der Waals surface area (Å²) >= 11 is 9.70. The van der Waals surface area contributed by atoms with Gasteiger partial charge in [-0.3, -0.25) is 0 Å². The minimum Gasteiger partial charge on any atom is -0.481 e. The van der Waals surface area contributed by atoms with Crippen LogP contribution in [-0.2, 0) is 6.54 Å². The fourth-order valence-corrected chi connectivity index (χ4v) is 2.41. The smallest absolute Gasteiger partial charge is 0.218 e. The fourth-order valence-electron chi connectivity index (χ4n) is 1.82. The Bertz CT molecular complexity index is 590. The van der Waals surface area contributed by atoms with E-state index in [4.69, 9.17) is 16.3 Å². The Morgan fingerprint density at radius 3 is 2.79 bits per heavy atom. The molecule has 0 fully saturated rings. The van der Waals surface area contributed by atoms with Crippen LogP contribution in [0.3, 0.4) is 0 Å². The highest BCUT2D eigenvalue weighted by molar-refractivity contribution is 9.10. The third-order valence-electron chi connectivity index (χ3n) is 2.73. The highest BCUT2D eigenvalue weighted by Crippen LogP contribution is 2.33. The van der Waals surface area contributed by atoms with Gasteiger partial charge in [-0.2, -0.15) is 0 Å². The van der Waals surface area contributed by atoms with E-state index in [-0.39, 0.29) is 0 Å². The summed E-state index contributed by atoms with van der Waals surface area (Å²) in [6.07, 6.45) is 0. The summed E-state index contributed by atoms with van der Waals surface area (Å²) in [7, 11) is 3.51. The van der Waals surface area contributed by atoms with E-state index in [0.717, 1.165) is 21.3 Å². The highest BCUT2D eigenvalue weighted by atomic mass is 79.9. The van der Waals surface area contributed by atoms with E-state index in [0.29, 0.717) is 17.4 Å². The summed E-state index contributed by atoms with van der Waals surface area (Å²) in [6, 6.07) is 9.71. The van der Waals surface area contributed by atoms with Gasteiger partial charge in [0.2, 0.25) is 5.88 Å². The molecule has 0 bridgehead atoms. The number of pyridine rings is 1. The number of aromatic nitrogens is 1. The first-order chi connectivity index (χ1) is 9.17. The van der Waals surface area contributed by atoms with Crippen LogP contribution in [-0.4, -0.2) is 19.1 Å². The second-order valence-corrected chi connectivity index (χ2v) is 5.23. The molecule has 1 N–H and O–H groups in total. The maximum absolute atomic E-state index is 6.28. The van der Waals surface area contributed by atoms with Crippen molar-refractivity contribution in [2.45, 2.75) is 6.54 Å². The Balaban J connectivity index is 2.48. The minimum absolute atomic E-state index is 0.614. The highest BCUT2D eigenvalue weighted by Gasteiger charge is 2.11. The molecule has 0 radical (unpaired) electrons. The molecule has 5 heteroatoms. The number of rotatable bonds is 4. The Kier molecular flexibility index (Phi) is 4.80. The standard InChI is InChI=1S/C14H14BrClN2O/c1-17-8-9-6-7-12(18-14(9)19-2)10-4-3-5-11(15)13(10)16/h3-7,17H,8H2,1-2H3. The van der Waals surface area contributed by atoms with Gasteiger partial charge in [-0.15, -0.1) is 0 Å². The van der Waals surface area contributed by atoms with Gasteiger partial charge in [0, 0.05) is 22.1 Å². The number of ether oxygens (including phenoxy) is 1. The first kappa shape index (κ1) is 14.3. The average Bonchev–Trinajstić information content (AvgIpc) is 2.43. The first-order valence-electron chi connectivity index (χ1n) is 5.80.